The fourth-order valence-corrected chi connectivity index (χ4v) is 4.83. The normalized spacial score (nSPS) is 14.6. The number of rotatable bonds is 6. The standard InChI is InChI=1S/C21H23N3O3S2/c1-13(2)19(14-4-5-16-17(10-14)27-8-3-7-26-16)24-18(25)11-29-21-15-6-9-28-20(15)22-12-23-21/h4-6,9-10,12-13,19H,3,7-8,11H2,1-2H3,(H,24,25). The molecule has 0 bridgehead atoms. The van der Waals surface area contributed by atoms with Crippen LogP contribution in [-0.2, 0) is 4.79 Å². The molecule has 3 aromatic rings. The van der Waals surface area contributed by atoms with Crippen LogP contribution in [0.2, 0.25) is 0 Å². The van der Waals surface area contributed by atoms with E-state index >= 15 is 0 Å². The lowest BCUT2D eigenvalue weighted by Crippen LogP contribution is -2.33. The zero-order valence-corrected chi connectivity index (χ0v) is 18.0. The van der Waals surface area contributed by atoms with Gasteiger partial charge in [-0.25, -0.2) is 9.97 Å². The zero-order chi connectivity index (χ0) is 20.2. The van der Waals surface area contributed by atoms with Gasteiger partial charge in [-0.1, -0.05) is 31.7 Å². The average Bonchev–Trinajstić information content (AvgIpc) is 3.08. The van der Waals surface area contributed by atoms with Crippen molar-refractivity contribution in [2.24, 2.45) is 5.92 Å². The number of thioether (sulfide) groups is 1. The summed E-state index contributed by atoms with van der Waals surface area (Å²) < 4.78 is 11.5. The summed E-state index contributed by atoms with van der Waals surface area (Å²) in [7, 11) is 0. The number of benzene rings is 1. The Hall–Kier alpha value is -2.32. The van der Waals surface area contributed by atoms with Crippen molar-refractivity contribution < 1.29 is 14.3 Å². The molecular weight excluding hydrogens is 406 g/mol. The lowest BCUT2D eigenvalue weighted by molar-refractivity contribution is -0.119. The molecule has 152 valence electrons. The molecule has 0 saturated carbocycles. The average molecular weight is 430 g/mol. The fourth-order valence-electron chi connectivity index (χ4n) is 3.24. The van der Waals surface area contributed by atoms with E-state index in [4.69, 9.17) is 9.47 Å². The number of aromatic nitrogens is 2. The first-order valence-electron chi connectivity index (χ1n) is 9.61. The Labute approximate surface area is 178 Å². The molecule has 4 rings (SSSR count). The van der Waals surface area contributed by atoms with E-state index < -0.39 is 0 Å². The molecule has 0 spiro atoms. The highest BCUT2D eigenvalue weighted by molar-refractivity contribution is 8.00. The van der Waals surface area contributed by atoms with Crippen LogP contribution in [0.3, 0.4) is 0 Å². The van der Waals surface area contributed by atoms with Gasteiger partial charge in [-0.3, -0.25) is 4.79 Å². The van der Waals surface area contributed by atoms with E-state index in [-0.39, 0.29) is 17.9 Å². The molecule has 1 aliphatic heterocycles. The van der Waals surface area contributed by atoms with E-state index in [9.17, 15) is 4.79 Å². The van der Waals surface area contributed by atoms with Crippen molar-refractivity contribution in [3.63, 3.8) is 0 Å². The third-order valence-corrected chi connectivity index (χ3v) is 6.51. The molecule has 1 unspecified atom stereocenters. The van der Waals surface area contributed by atoms with Crippen LogP contribution in [0.15, 0.2) is 41.0 Å². The predicted octanol–water partition coefficient (Wildman–Crippen LogP) is 4.46. The molecule has 0 aliphatic carbocycles. The summed E-state index contributed by atoms with van der Waals surface area (Å²) in [6, 6.07) is 7.81. The summed E-state index contributed by atoms with van der Waals surface area (Å²) in [6.07, 6.45) is 2.42. The first-order valence-corrected chi connectivity index (χ1v) is 11.5. The molecular formula is C21H23N3O3S2. The van der Waals surface area contributed by atoms with Crippen molar-refractivity contribution in [1.82, 2.24) is 15.3 Å². The lowest BCUT2D eigenvalue weighted by atomic mass is 9.95. The van der Waals surface area contributed by atoms with Crippen LogP contribution in [0.5, 0.6) is 11.5 Å². The molecule has 6 nitrogen and oxygen atoms in total. The van der Waals surface area contributed by atoms with E-state index in [1.165, 1.54) is 11.8 Å². The van der Waals surface area contributed by atoms with E-state index in [2.05, 4.69) is 29.1 Å². The first kappa shape index (κ1) is 20.0. The van der Waals surface area contributed by atoms with Crippen molar-refractivity contribution in [2.75, 3.05) is 19.0 Å². The smallest absolute Gasteiger partial charge is 0.230 e. The minimum Gasteiger partial charge on any atom is -0.490 e. The van der Waals surface area contributed by atoms with Crippen LogP contribution in [0, 0.1) is 5.92 Å². The Kier molecular flexibility index (Phi) is 6.20. The maximum Gasteiger partial charge on any atom is 0.230 e. The van der Waals surface area contributed by atoms with Crippen molar-refractivity contribution >= 4 is 39.2 Å². The highest BCUT2D eigenvalue weighted by atomic mass is 32.2. The summed E-state index contributed by atoms with van der Waals surface area (Å²) in [6.45, 7) is 5.50. The lowest BCUT2D eigenvalue weighted by Gasteiger charge is -2.24. The van der Waals surface area contributed by atoms with Gasteiger partial charge in [-0.2, -0.15) is 0 Å². The number of nitrogens with zero attached hydrogens (tertiary/aromatic N) is 2. The van der Waals surface area contributed by atoms with Crippen LogP contribution in [-0.4, -0.2) is 34.8 Å². The van der Waals surface area contributed by atoms with Gasteiger partial charge in [0.15, 0.2) is 11.5 Å². The van der Waals surface area contributed by atoms with Crippen LogP contribution >= 0.6 is 23.1 Å². The Morgan fingerprint density at radius 3 is 2.86 bits per heavy atom. The van der Waals surface area contributed by atoms with E-state index in [1.807, 2.05) is 29.6 Å². The maximum atomic E-state index is 12.7. The molecule has 2 aromatic heterocycles. The molecule has 1 atom stereocenters. The molecule has 1 N–H and O–H groups in total. The second-order valence-corrected chi connectivity index (χ2v) is 9.01. The number of nitrogens with one attached hydrogen (secondary N) is 1. The second kappa shape index (κ2) is 9.00. The Balaban J connectivity index is 1.45. The summed E-state index contributed by atoms with van der Waals surface area (Å²) in [5, 5.41) is 6.99. The van der Waals surface area contributed by atoms with Gasteiger partial charge in [0.05, 0.1) is 25.0 Å². The number of carbonyl (C=O) groups is 1. The number of fused-ring (bicyclic) bond motifs is 2. The van der Waals surface area contributed by atoms with Gasteiger partial charge in [-0.15, -0.1) is 11.3 Å². The minimum absolute atomic E-state index is 0.0252. The third kappa shape index (κ3) is 4.64. The summed E-state index contributed by atoms with van der Waals surface area (Å²) >= 11 is 3.01. The number of hydrogen-bond donors (Lipinski definition) is 1. The quantitative estimate of drug-likeness (QED) is 0.461. The van der Waals surface area contributed by atoms with Gasteiger partial charge < -0.3 is 14.8 Å². The highest BCUT2D eigenvalue weighted by Gasteiger charge is 2.21. The van der Waals surface area contributed by atoms with E-state index in [1.54, 1.807) is 17.7 Å². The summed E-state index contributed by atoms with van der Waals surface area (Å²) in [5.41, 5.74) is 1.02. The van der Waals surface area contributed by atoms with Crippen LogP contribution in [0.1, 0.15) is 31.9 Å². The Morgan fingerprint density at radius 1 is 1.21 bits per heavy atom. The van der Waals surface area contributed by atoms with Gasteiger partial charge in [-0.05, 0) is 35.1 Å². The number of ether oxygens (including phenoxy) is 2. The van der Waals surface area contributed by atoms with Crippen LogP contribution < -0.4 is 14.8 Å². The molecule has 8 heteroatoms. The molecule has 0 radical (unpaired) electrons. The number of amides is 1. The van der Waals surface area contributed by atoms with Crippen LogP contribution in [0.25, 0.3) is 10.2 Å². The summed E-state index contributed by atoms with van der Waals surface area (Å²) in [5.74, 6) is 2.02. The number of carbonyl (C=O) groups excluding carboxylic acids is 1. The molecule has 1 aromatic carbocycles. The van der Waals surface area contributed by atoms with Gasteiger partial charge in [0.25, 0.3) is 0 Å². The van der Waals surface area contributed by atoms with Crippen molar-refractivity contribution in [3.8, 4) is 11.5 Å². The SMILES string of the molecule is CC(C)C(NC(=O)CSc1ncnc2sccc12)c1ccc2c(c1)OCCCO2. The van der Waals surface area contributed by atoms with Gasteiger partial charge in [0.1, 0.15) is 16.2 Å². The van der Waals surface area contributed by atoms with Crippen molar-refractivity contribution in [3.05, 3.63) is 41.5 Å². The highest BCUT2D eigenvalue weighted by Crippen LogP contribution is 2.34. The van der Waals surface area contributed by atoms with Crippen LogP contribution in [0.4, 0.5) is 0 Å². The molecule has 1 amide bonds. The fraction of sp³-hybridized carbons (Fsp3) is 0.381. The summed E-state index contributed by atoms with van der Waals surface area (Å²) in [4.78, 5) is 22.2. The van der Waals surface area contributed by atoms with Gasteiger partial charge in [0, 0.05) is 11.8 Å². The topological polar surface area (TPSA) is 73.3 Å². The third-order valence-electron chi connectivity index (χ3n) is 4.68. The molecule has 1 aliphatic rings. The van der Waals surface area contributed by atoms with Crippen molar-refractivity contribution in [2.45, 2.75) is 31.3 Å². The van der Waals surface area contributed by atoms with E-state index in [0.29, 0.717) is 19.0 Å². The second-order valence-electron chi connectivity index (χ2n) is 7.15. The Morgan fingerprint density at radius 2 is 2.03 bits per heavy atom. The van der Waals surface area contributed by atoms with Gasteiger partial charge >= 0.3 is 0 Å². The first-order chi connectivity index (χ1) is 14.1. The predicted molar refractivity (Wildman–Crippen MR) is 116 cm³/mol. The minimum atomic E-state index is -0.105. The van der Waals surface area contributed by atoms with E-state index in [0.717, 1.165) is 38.7 Å². The number of thiophene rings is 1. The molecule has 0 saturated heterocycles. The Bertz CT molecular complexity index is 1010. The number of hydrogen-bond acceptors (Lipinski definition) is 7. The monoisotopic (exact) mass is 429 g/mol. The largest absolute Gasteiger partial charge is 0.490 e. The van der Waals surface area contributed by atoms with Gasteiger partial charge in [0.2, 0.25) is 5.91 Å². The zero-order valence-electron chi connectivity index (χ0n) is 16.4. The molecule has 3 heterocycles. The molecule has 29 heavy (non-hydrogen) atoms. The maximum absolute atomic E-state index is 12.7. The van der Waals surface area contributed by atoms with Crippen molar-refractivity contribution in [1.29, 1.82) is 0 Å². The molecule has 0 fully saturated rings.